The Hall–Kier alpha value is -0.750. The minimum absolute atomic E-state index is 0.519. The van der Waals surface area contributed by atoms with E-state index < -0.39 is 36.3 Å². The number of carboxylic acids is 1. The molecule has 0 radical (unpaired) electrons. The molecule has 2 unspecified atom stereocenters. The second kappa shape index (κ2) is 3.19. The molecule has 1 rings (SSSR count). The van der Waals surface area contributed by atoms with E-state index in [1.54, 1.807) is 0 Å². The summed E-state index contributed by atoms with van der Waals surface area (Å²) < 4.78 is 25.6. The summed E-state index contributed by atoms with van der Waals surface area (Å²) in [4.78, 5) is 14.0. The summed E-state index contributed by atoms with van der Waals surface area (Å²) in [6.45, 7) is 0.702. The monoisotopic (exact) mass is 196 g/mol. The smallest absolute Gasteiger partial charge is 0.306 e. The maximum atomic E-state index is 12.8. The number of carbonyl (C=O) groups is 1. The van der Waals surface area contributed by atoms with Crippen LogP contribution in [0.15, 0.2) is 0 Å². The predicted molar refractivity (Wildman–Crippen MR) is 37.3 cm³/mol. The summed E-state index contributed by atoms with van der Waals surface area (Å²) >= 11 is 0. The highest BCUT2D eigenvalue weighted by atomic mass is 19.3. The molecule has 3 atom stereocenters. The zero-order chi connectivity index (χ0) is 10.2. The maximum Gasteiger partial charge on any atom is 0.306 e. The van der Waals surface area contributed by atoms with E-state index in [0.29, 0.717) is 0 Å². The second-order valence-electron chi connectivity index (χ2n) is 3.23. The zero-order valence-electron chi connectivity index (χ0n) is 6.91. The lowest BCUT2D eigenvalue weighted by Crippen LogP contribution is -2.15. The van der Waals surface area contributed by atoms with Crippen molar-refractivity contribution in [2.45, 2.75) is 12.8 Å². The molecule has 1 saturated carbocycles. The third-order valence-electron chi connectivity index (χ3n) is 2.45. The van der Waals surface area contributed by atoms with Gasteiger partial charge in [0, 0.05) is 5.92 Å². The molecule has 0 bridgehead atoms. The summed E-state index contributed by atoms with van der Waals surface area (Å²) in [6, 6.07) is 0. The van der Waals surface area contributed by atoms with Crippen LogP contribution < -0.4 is 0 Å². The second-order valence-corrected chi connectivity index (χ2v) is 3.23. The van der Waals surface area contributed by atoms with Crippen LogP contribution in [0.4, 0.5) is 8.78 Å². The molecule has 0 saturated heterocycles. The number of alkyl halides is 2. The number of carboxylic acid groups (broad SMARTS) is 1. The number of halogens is 2. The lowest BCUT2D eigenvalue weighted by Gasteiger charge is -2.02. The fraction of sp³-hybridized carbons (Fsp3) is 0.857. The molecule has 0 aromatic rings. The van der Waals surface area contributed by atoms with Crippen LogP contribution in [0.3, 0.4) is 0 Å². The Balaban J connectivity index is 2.59. The molecule has 0 amide bonds. The van der Waals surface area contributed by atoms with Crippen LogP contribution in [0.25, 0.3) is 0 Å². The summed E-state index contributed by atoms with van der Waals surface area (Å²) in [5, 5.41) is 16.4. The molecule has 1 fully saturated rings. The molecule has 0 spiro atoms. The van der Waals surface area contributed by atoms with Gasteiger partial charge in [0.2, 0.25) is 0 Å². The number of hydrogen-bond acceptors (Lipinski definition) is 3. The van der Waals surface area contributed by atoms with E-state index in [0.717, 1.165) is 0 Å². The van der Waals surface area contributed by atoms with E-state index in [1.807, 2.05) is 0 Å². The Morgan fingerprint density at radius 2 is 2.23 bits per heavy atom. The molecule has 0 aromatic heterocycles. The molecule has 1 aliphatic rings. The SMILES string of the molecule is C[C@H](C(=O)O)C1C(COO)C1(F)F. The van der Waals surface area contributed by atoms with E-state index in [-0.39, 0.29) is 0 Å². The first-order chi connectivity index (χ1) is 5.92. The molecule has 0 aromatic carbocycles. The average molecular weight is 196 g/mol. The summed E-state index contributed by atoms with van der Waals surface area (Å²) in [5.41, 5.74) is 0. The molecule has 2 N–H and O–H groups in total. The lowest BCUT2D eigenvalue weighted by atomic mass is 10.1. The molecule has 1 aliphatic carbocycles. The molecule has 0 aliphatic heterocycles. The molecule has 13 heavy (non-hydrogen) atoms. The highest BCUT2D eigenvalue weighted by Gasteiger charge is 2.71. The van der Waals surface area contributed by atoms with Crippen molar-refractivity contribution in [1.82, 2.24) is 0 Å². The molecular weight excluding hydrogens is 186 g/mol. The van der Waals surface area contributed by atoms with Gasteiger partial charge in [0.25, 0.3) is 5.92 Å². The summed E-state index contributed by atoms with van der Waals surface area (Å²) in [6.07, 6.45) is 0. The number of rotatable bonds is 4. The fourth-order valence-electron chi connectivity index (χ4n) is 1.55. The highest BCUT2D eigenvalue weighted by Crippen LogP contribution is 2.58. The van der Waals surface area contributed by atoms with Crippen LogP contribution in [0.5, 0.6) is 0 Å². The highest BCUT2D eigenvalue weighted by molar-refractivity contribution is 5.70. The first-order valence-electron chi connectivity index (χ1n) is 3.80. The van der Waals surface area contributed by atoms with Gasteiger partial charge in [0.1, 0.15) is 0 Å². The van der Waals surface area contributed by atoms with Gasteiger partial charge >= 0.3 is 5.97 Å². The van der Waals surface area contributed by atoms with Crippen LogP contribution in [0, 0.1) is 17.8 Å². The Labute approximate surface area is 73.0 Å². The van der Waals surface area contributed by atoms with E-state index in [9.17, 15) is 13.6 Å². The Morgan fingerprint density at radius 1 is 1.69 bits per heavy atom. The van der Waals surface area contributed by atoms with Crippen molar-refractivity contribution in [2.75, 3.05) is 6.61 Å². The van der Waals surface area contributed by atoms with Gasteiger partial charge in [-0.25, -0.2) is 13.7 Å². The molecule has 0 heterocycles. The van der Waals surface area contributed by atoms with Gasteiger partial charge < -0.3 is 5.11 Å². The van der Waals surface area contributed by atoms with Gasteiger partial charge in [-0.1, -0.05) is 6.92 Å². The predicted octanol–water partition coefficient (Wildman–Crippen LogP) is 1.08. The standard InChI is InChI=1S/C7H10F2O4/c1-3(6(10)11)5-4(2-13-12)7(5,8)9/h3-5,12H,2H2,1H3,(H,10,11)/t3-,4?,5?/m0/s1. The first kappa shape index (κ1) is 10.3. The van der Waals surface area contributed by atoms with Crippen molar-refractivity contribution in [3.05, 3.63) is 0 Å². The molecular formula is C7H10F2O4. The van der Waals surface area contributed by atoms with Crippen molar-refractivity contribution in [3.63, 3.8) is 0 Å². The van der Waals surface area contributed by atoms with Gasteiger partial charge in [-0.05, 0) is 0 Å². The Kier molecular flexibility index (Phi) is 2.53. The molecule has 4 nitrogen and oxygen atoms in total. The van der Waals surface area contributed by atoms with Crippen LogP contribution in [-0.2, 0) is 9.68 Å². The van der Waals surface area contributed by atoms with Gasteiger partial charge in [0.15, 0.2) is 0 Å². The van der Waals surface area contributed by atoms with Crippen LogP contribution in [-0.4, -0.2) is 28.9 Å². The van der Waals surface area contributed by atoms with Crippen LogP contribution >= 0.6 is 0 Å². The van der Waals surface area contributed by atoms with Crippen molar-refractivity contribution in [3.8, 4) is 0 Å². The summed E-state index contributed by atoms with van der Waals surface area (Å²) in [7, 11) is 0. The van der Waals surface area contributed by atoms with Gasteiger partial charge in [-0.3, -0.25) is 10.1 Å². The van der Waals surface area contributed by atoms with Crippen LogP contribution in [0.1, 0.15) is 6.92 Å². The fourth-order valence-corrected chi connectivity index (χ4v) is 1.55. The van der Waals surface area contributed by atoms with Crippen molar-refractivity contribution in [2.24, 2.45) is 17.8 Å². The average Bonchev–Trinajstić information content (AvgIpc) is 2.53. The van der Waals surface area contributed by atoms with Gasteiger partial charge in [-0.15, -0.1) is 0 Å². The number of hydrogen-bond donors (Lipinski definition) is 2. The third-order valence-corrected chi connectivity index (χ3v) is 2.45. The Morgan fingerprint density at radius 3 is 2.62 bits per heavy atom. The van der Waals surface area contributed by atoms with E-state index in [4.69, 9.17) is 10.4 Å². The van der Waals surface area contributed by atoms with Crippen molar-refractivity contribution in [1.29, 1.82) is 0 Å². The van der Waals surface area contributed by atoms with Crippen molar-refractivity contribution < 1.29 is 28.8 Å². The van der Waals surface area contributed by atoms with Crippen LogP contribution in [0.2, 0.25) is 0 Å². The van der Waals surface area contributed by atoms with E-state index >= 15 is 0 Å². The minimum Gasteiger partial charge on any atom is -0.481 e. The normalized spacial score (nSPS) is 32.6. The van der Waals surface area contributed by atoms with Crippen molar-refractivity contribution >= 4 is 5.97 Å². The largest absolute Gasteiger partial charge is 0.481 e. The van der Waals surface area contributed by atoms with E-state index in [2.05, 4.69) is 4.89 Å². The van der Waals surface area contributed by atoms with Gasteiger partial charge in [0.05, 0.1) is 18.4 Å². The third kappa shape index (κ3) is 1.64. The van der Waals surface area contributed by atoms with E-state index in [1.165, 1.54) is 6.92 Å². The topological polar surface area (TPSA) is 66.8 Å². The molecule has 6 heteroatoms. The maximum absolute atomic E-state index is 12.8. The quantitative estimate of drug-likeness (QED) is 0.521. The molecule has 76 valence electrons. The number of aliphatic carboxylic acids is 1. The lowest BCUT2D eigenvalue weighted by molar-refractivity contribution is -0.249. The minimum atomic E-state index is -3.03. The Bertz CT molecular complexity index is 219. The van der Waals surface area contributed by atoms with Gasteiger partial charge in [-0.2, -0.15) is 0 Å². The zero-order valence-corrected chi connectivity index (χ0v) is 6.91. The summed E-state index contributed by atoms with van der Waals surface area (Å²) in [5.74, 6) is -7.80. The first-order valence-corrected chi connectivity index (χ1v) is 3.80.